The summed E-state index contributed by atoms with van der Waals surface area (Å²) in [6.07, 6.45) is 3.75. The molecule has 0 radical (unpaired) electrons. The number of hydrogen-bond acceptors (Lipinski definition) is 7. The van der Waals surface area contributed by atoms with Gasteiger partial charge in [-0.3, -0.25) is 4.79 Å². The average molecular weight is 509 g/mol. The molecule has 198 valence electrons. The van der Waals surface area contributed by atoms with Crippen molar-refractivity contribution in [2.45, 2.75) is 66.4 Å². The van der Waals surface area contributed by atoms with Crippen molar-refractivity contribution in [2.75, 3.05) is 0 Å². The molecule has 2 atom stereocenters. The molecule has 37 heavy (non-hydrogen) atoms. The second kappa shape index (κ2) is 11.0. The van der Waals surface area contributed by atoms with Crippen LogP contribution in [0.15, 0.2) is 47.6 Å². The smallest absolute Gasteiger partial charge is 0.174 e. The van der Waals surface area contributed by atoms with Crippen molar-refractivity contribution in [1.82, 2.24) is 0 Å². The van der Waals surface area contributed by atoms with E-state index in [2.05, 4.69) is 12.7 Å². The number of Topliss-reactive ketones (excluding diaryl/α,β-unsaturated/α-hetero) is 1. The Hall–Kier alpha value is -3.87. The van der Waals surface area contributed by atoms with E-state index >= 15 is 0 Å². The highest BCUT2D eigenvalue weighted by Gasteiger charge is 2.38. The molecule has 0 spiro atoms. The number of allylic oxidation sites excluding steroid dienone is 5. The largest absolute Gasteiger partial charge is 0.508 e. The van der Waals surface area contributed by atoms with E-state index in [1.165, 1.54) is 0 Å². The first-order chi connectivity index (χ1) is 17.3. The molecule has 0 saturated heterocycles. The quantitative estimate of drug-likeness (QED) is 0.257. The van der Waals surface area contributed by atoms with E-state index in [-0.39, 0.29) is 58.4 Å². The molecule has 2 aromatic carbocycles. The molecule has 7 nitrogen and oxygen atoms in total. The van der Waals surface area contributed by atoms with E-state index in [0.717, 1.165) is 28.9 Å². The Morgan fingerprint density at radius 3 is 2.11 bits per heavy atom. The third-order valence-electron chi connectivity index (χ3n) is 6.62. The van der Waals surface area contributed by atoms with Crippen molar-refractivity contribution in [3.63, 3.8) is 0 Å². The molecule has 1 heterocycles. The van der Waals surface area contributed by atoms with Gasteiger partial charge in [0, 0.05) is 23.3 Å². The second-order valence-electron chi connectivity index (χ2n) is 10.2. The fourth-order valence-corrected chi connectivity index (χ4v) is 4.53. The van der Waals surface area contributed by atoms with Crippen molar-refractivity contribution in [1.29, 1.82) is 0 Å². The van der Waals surface area contributed by atoms with Crippen molar-refractivity contribution < 1.29 is 35.1 Å². The van der Waals surface area contributed by atoms with E-state index in [0.29, 0.717) is 18.4 Å². The van der Waals surface area contributed by atoms with Crippen LogP contribution >= 0.6 is 0 Å². The van der Waals surface area contributed by atoms with Gasteiger partial charge in [-0.1, -0.05) is 35.5 Å². The number of fused-ring (bicyclic) bond motifs is 1. The van der Waals surface area contributed by atoms with Gasteiger partial charge in [0.2, 0.25) is 0 Å². The summed E-state index contributed by atoms with van der Waals surface area (Å²) in [5.74, 6) is -2.23. The molecule has 0 amide bonds. The van der Waals surface area contributed by atoms with Crippen LogP contribution in [0.5, 0.6) is 34.5 Å². The van der Waals surface area contributed by atoms with Crippen LogP contribution in [0, 0.1) is 5.92 Å². The predicted molar refractivity (Wildman–Crippen MR) is 143 cm³/mol. The van der Waals surface area contributed by atoms with Crippen molar-refractivity contribution >= 4 is 5.78 Å². The molecule has 0 aliphatic carbocycles. The molecule has 7 heteroatoms. The summed E-state index contributed by atoms with van der Waals surface area (Å²) < 4.78 is 6.17. The minimum Gasteiger partial charge on any atom is -0.508 e. The molecule has 1 aliphatic heterocycles. The lowest BCUT2D eigenvalue weighted by Gasteiger charge is -2.31. The lowest BCUT2D eigenvalue weighted by molar-refractivity contribution is 0.0835. The topological polar surface area (TPSA) is 127 Å². The molecular weight excluding hydrogens is 472 g/mol. The van der Waals surface area contributed by atoms with Gasteiger partial charge < -0.3 is 30.3 Å². The maximum Gasteiger partial charge on any atom is 0.174 e. The zero-order chi connectivity index (χ0) is 27.6. The Kier molecular flexibility index (Phi) is 8.26. The molecule has 0 fully saturated rings. The van der Waals surface area contributed by atoms with E-state index in [1.807, 2.05) is 40.7 Å². The van der Waals surface area contributed by atoms with Crippen LogP contribution in [0.3, 0.4) is 0 Å². The van der Waals surface area contributed by atoms with Gasteiger partial charge in [-0.25, -0.2) is 0 Å². The monoisotopic (exact) mass is 508 g/mol. The third kappa shape index (κ3) is 5.93. The van der Waals surface area contributed by atoms with Crippen LogP contribution in [0.4, 0.5) is 0 Å². The van der Waals surface area contributed by atoms with E-state index in [9.17, 15) is 30.3 Å². The normalized spacial score (nSPS) is 15.4. The number of aromatic hydroxyl groups is 5. The molecule has 2 aromatic rings. The first-order valence-electron chi connectivity index (χ1n) is 12.3. The summed E-state index contributed by atoms with van der Waals surface area (Å²) >= 11 is 0. The van der Waals surface area contributed by atoms with Gasteiger partial charge in [-0.2, -0.15) is 0 Å². The molecule has 2 unspecified atom stereocenters. The number of benzene rings is 2. The van der Waals surface area contributed by atoms with E-state index in [4.69, 9.17) is 4.74 Å². The number of hydrogen-bond donors (Lipinski definition) is 5. The second-order valence-corrected chi connectivity index (χ2v) is 10.2. The van der Waals surface area contributed by atoms with Gasteiger partial charge in [0.15, 0.2) is 5.78 Å². The zero-order valence-electron chi connectivity index (χ0n) is 22.1. The summed E-state index contributed by atoms with van der Waals surface area (Å²) in [6.45, 7) is 13.8. The number of carbonyl (C=O) groups is 1. The van der Waals surface area contributed by atoms with Gasteiger partial charge in [0.1, 0.15) is 46.2 Å². The van der Waals surface area contributed by atoms with Crippen LogP contribution in [0.2, 0.25) is 0 Å². The summed E-state index contributed by atoms with van der Waals surface area (Å²) in [4.78, 5) is 13.4. The standard InChI is InChI=1S/C30H36O7/c1-15(2)7-9-18(17(5)6)11-21-28(35)20(10-8-16(3)4)29(36)27-24(34)14-25(37-30(21)27)26-22(32)12-19(31)13-23(26)33/h7-8,12-13,18,25,31-33,35-36H,5,9-11,14H2,1-4,6H3. The summed E-state index contributed by atoms with van der Waals surface area (Å²) in [6, 6.07) is 2.10. The summed E-state index contributed by atoms with van der Waals surface area (Å²) in [5, 5.41) is 53.0. The maximum atomic E-state index is 13.4. The SMILES string of the molecule is C=C(C)C(CC=C(C)C)Cc1c(O)c(CC=C(C)C)c(O)c2c1OC(c1c(O)cc(O)cc1O)CC2=O. The lowest BCUT2D eigenvalue weighted by Crippen LogP contribution is -2.23. The van der Waals surface area contributed by atoms with Gasteiger partial charge >= 0.3 is 0 Å². The number of ether oxygens (including phenoxy) is 1. The summed E-state index contributed by atoms with van der Waals surface area (Å²) in [5.41, 5.74) is 3.52. The fourth-order valence-electron chi connectivity index (χ4n) is 4.53. The molecule has 0 bridgehead atoms. The van der Waals surface area contributed by atoms with Gasteiger partial charge in [0.05, 0.1) is 12.0 Å². The van der Waals surface area contributed by atoms with Crippen molar-refractivity contribution in [2.24, 2.45) is 5.92 Å². The van der Waals surface area contributed by atoms with Crippen molar-refractivity contribution in [3.8, 4) is 34.5 Å². The maximum absolute atomic E-state index is 13.4. The Morgan fingerprint density at radius 1 is 0.973 bits per heavy atom. The first-order valence-corrected chi connectivity index (χ1v) is 12.3. The molecule has 5 N–H and O–H groups in total. The number of ketones is 1. The highest BCUT2D eigenvalue weighted by molar-refractivity contribution is 6.04. The first kappa shape index (κ1) is 27.7. The van der Waals surface area contributed by atoms with E-state index in [1.54, 1.807) is 0 Å². The van der Waals surface area contributed by atoms with Crippen LogP contribution < -0.4 is 4.74 Å². The van der Waals surface area contributed by atoms with Gasteiger partial charge in [0.25, 0.3) is 0 Å². The van der Waals surface area contributed by atoms with Crippen molar-refractivity contribution in [3.05, 3.63) is 69.8 Å². The van der Waals surface area contributed by atoms with Crippen LogP contribution in [-0.2, 0) is 12.8 Å². The molecule has 3 rings (SSSR count). The molecule has 0 aromatic heterocycles. The minimum absolute atomic E-state index is 0.0209. The number of phenols is 5. The Morgan fingerprint density at radius 2 is 1.57 bits per heavy atom. The average Bonchev–Trinajstić information content (AvgIpc) is 2.76. The number of rotatable bonds is 8. The number of phenolic OH excluding ortho intramolecular Hbond substituents is 5. The Bertz CT molecular complexity index is 1270. The zero-order valence-corrected chi connectivity index (χ0v) is 22.1. The molecular formula is C30H36O7. The van der Waals surface area contributed by atoms with E-state index < -0.39 is 23.4 Å². The Balaban J connectivity index is 2.22. The van der Waals surface area contributed by atoms with Crippen LogP contribution in [0.25, 0.3) is 0 Å². The number of carbonyl (C=O) groups excluding carboxylic acids is 1. The predicted octanol–water partition coefficient (Wildman–Crippen LogP) is 6.52. The highest BCUT2D eigenvalue weighted by atomic mass is 16.5. The Labute approximate surface area is 217 Å². The van der Waals surface area contributed by atoms with Gasteiger partial charge in [-0.05, 0) is 59.8 Å². The highest BCUT2D eigenvalue weighted by Crippen LogP contribution is 2.51. The van der Waals surface area contributed by atoms with Crippen LogP contribution in [0.1, 0.15) is 80.6 Å². The minimum atomic E-state index is -1.09. The van der Waals surface area contributed by atoms with Gasteiger partial charge in [-0.15, -0.1) is 0 Å². The fraction of sp³-hybridized carbons (Fsp3) is 0.367. The van der Waals surface area contributed by atoms with Crippen LogP contribution in [-0.4, -0.2) is 31.3 Å². The molecule has 1 aliphatic rings. The molecule has 0 saturated carbocycles. The lowest BCUT2D eigenvalue weighted by atomic mass is 9.84. The summed E-state index contributed by atoms with van der Waals surface area (Å²) in [7, 11) is 0. The third-order valence-corrected chi connectivity index (χ3v) is 6.62.